The maximum atomic E-state index is 12.1. The molecule has 0 aliphatic carbocycles. The van der Waals surface area contributed by atoms with E-state index in [2.05, 4.69) is 22.4 Å². The summed E-state index contributed by atoms with van der Waals surface area (Å²) in [6, 6.07) is 5.67. The van der Waals surface area contributed by atoms with Crippen LogP contribution in [0.3, 0.4) is 0 Å². The van der Waals surface area contributed by atoms with Crippen LogP contribution >= 0.6 is 12.2 Å². The van der Waals surface area contributed by atoms with Gasteiger partial charge in [0.1, 0.15) is 11.8 Å². The van der Waals surface area contributed by atoms with Gasteiger partial charge in [-0.05, 0) is 48.8 Å². The first-order valence-electron chi connectivity index (χ1n) is 5.44. The Morgan fingerprint density at radius 3 is 2.47 bits per heavy atom. The number of thiocarbonyl (C=S) groups is 1. The summed E-state index contributed by atoms with van der Waals surface area (Å²) in [4.78, 5) is 16.0. The number of carbonyl (C=O) groups is 1. The molecule has 1 unspecified atom stereocenters. The van der Waals surface area contributed by atoms with Gasteiger partial charge in [0.25, 0.3) is 0 Å². The third kappa shape index (κ3) is 4.10. The molecule has 0 radical (unpaired) electrons. The minimum absolute atomic E-state index is 0.0870. The Hall–Kier alpha value is -1.51. The number of rotatable bonds is 5. The fraction of sp³-hybridized carbons (Fsp3) is 0.385. The lowest BCUT2D eigenvalue weighted by molar-refractivity contribution is 0.0952. The van der Waals surface area contributed by atoms with E-state index in [4.69, 9.17) is 5.11 Å². The highest BCUT2D eigenvalue weighted by atomic mass is 32.1. The van der Waals surface area contributed by atoms with Crippen LogP contribution in [0.4, 0.5) is 0 Å². The van der Waals surface area contributed by atoms with Gasteiger partial charge in [-0.25, -0.2) is 4.99 Å². The molecule has 0 amide bonds. The Kier molecular flexibility index (Phi) is 5.01. The topological polar surface area (TPSA) is 49.7 Å². The Morgan fingerprint density at radius 2 is 2.00 bits per heavy atom. The van der Waals surface area contributed by atoms with Crippen LogP contribution in [0.15, 0.2) is 29.3 Å². The van der Waals surface area contributed by atoms with E-state index >= 15 is 0 Å². The molecule has 0 fully saturated rings. The van der Waals surface area contributed by atoms with Crippen molar-refractivity contribution >= 4 is 23.2 Å². The zero-order chi connectivity index (χ0) is 12.8. The molecule has 0 spiro atoms. The molecule has 0 heterocycles. The van der Waals surface area contributed by atoms with Gasteiger partial charge in [-0.3, -0.25) is 4.79 Å². The van der Waals surface area contributed by atoms with E-state index in [0.29, 0.717) is 17.9 Å². The summed E-state index contributed by atoms with van der Waals surface area (Å²) in [5.74, 6) is 0.407. The van der Waals surface area contributed by atoms with Crippen LogP contribution < -0.4 is 0 Å². The first kappa shape index (κ1) is 13.6. The smallest absolute Gasteiger partial charge is 0.188 e. The fourth-order valence-electron chi connectivity index (χ4n) is 1.55. The number of hydrogen-bond donors (Lipinski definition) is 1. The highest BCUT2D eigenvalue weighted by Gasteiger charge is 2.20. The molecule has 1 aromatic rings. The molecule has 1 N–H and O–H groups in total. The van der Waals surface area contributed by atoms with Crippen LogP contribution in [0.1, 0.15) is 30.6 Å². The van der Waals surface area contributed by atoms with Gasteiger partial charge in [0.05, 0.1) is 5.16 Å². The van der Waals surface area contributed by atoms with E-state index < -0.39 is 6.04 Å². The number of phenolic OH excluding ortho intramolecular Hbond substituents is 1. The molecule has 0 aromatic heterocycles. The van der Waals surface area contributed by atoms with E-state index in [1.54, 1.807) is 12.1 Å². The second-order valence-corrected chi connectivity index (χ2v) is 4.46. The molecule has 3 nitrogen and oxygen atoms in total. The summed E-state index contributed by atoms with van der Waals surface area (Å²) in [6.07, 6.45) is 0.642. The standard InChI is InChI=1S/C13H15NO2S/c1-9(2)7-12(14-8-17)13(16)10-3-5-11(15)6-4-10/h3-6,9,12,15H,7H2,1-2H3. The maximum absolute atomic E-state index is 12.1. The SMILES string of the molecule is CC(C)CC(N=C=S)C(=O)c1ccc(O)cc1. The zero-order valence-corrected chi connectivity index (χ0v) is 10.7. The number of aromatic hydroxyl groups is 1. The van der Waals surface area contributed by atoms with Crippen LogP contribution in [-0.4, -0.2) is 22.1 Å². The molecular weight excluding hydrogens is 234 g/mol. The number of Topliss-reactive ketones (excluding diaryl/α,β-unsaturated/α-hetero) is 1. The molecule has 0 aliphatic rings. The molecule has 0 saturated carbocycles. The number of carbonyl (C=O) groups excluding carboxylic acids is 1. The van der Waals surface area contributed by atoms with E-state index in [9.17, 15) is 4.79 Å². The van der Waals surface area contributed by atoms with Crippen LogP contribution in [0.5, 0.6) is 5.75 Å². The van der Waals surface area contributed by atoms with Gasteiger partial charge >= 0.3 is 0 Å². The molecule has 0 saturated heterocycles. The number of aliphatic imine (C=N–C) groups is 1. The molecule has 1 rings (SSSR count). The monoisotopic (exact) mass is 249 g/mol. The van der Waals surface area contributed by atoms with Crippen LogP contribution in [0.25, 0.3) is 0 Å². The predicted octanol–water partition coefficient (Wildman–Crippen LogP) is 3.09. The van der Waals surface area contributed by atoms with E-state index in [0.717, 1.165) is 0 Å². The van der Waals surface area contributed by atoms with Crippen LogP contribution in [0.2, 0.25) is 0 Å². The summed E-state index contributed by atoms with van der Waals surface area (Å²) in [6.45, 7) is 4.05. The molecule has 0 aliphatic heterocycles. The largest absolute Gasteiger partial charge is 0.508 e. The maximum Gasteiger partial charge on any atom is 0.188 e. The first-order valence-corrected chi connectivity index (χ1v) is 5.85. The summed E-state index contributed by atoms with van der Waals surface area (Å²) in [7, 11) is 0. The van der Waals surface area contributed by atoms with Gasteiger partial charge in [0.2, 0.25) is 0 Å². The van der Waals surface area contributed by atoms with Gasteiger partial charge in [0.15, 0.2) is 5.78 Å². The first-order chi connectivity index (χ1) is 8.04. The Labute approximate surface area is 106 Å². The summed E-state index contributed by atoms with van der Waals surface area (Å²) < 4.78 is 0. The fourth-order valence-corrected chi connectivity index (χ4v) is 1.67. The molecule has 1 atom stereocenters. The van der Waals surface area contributed by atoms with Crippen LogP contribution in [-0.2, 0) is 0 Å². The normalized spacial score (nSPS) is 11.9. The van der Waals surface area contributed by atoms with Crippen molar-refractivity contribution in [3.63, 3.8) is 0 Å². The summed E-state index contributed by atoms with van der Waals surface area (Å²) in [5.41, 5.74) is 0.530. The third-order valence-corrected chi connectivity index (χ3v) is 2.46. The Bertz CT molecular complexity index is 433. The number of ketones is 1. The van der Waals surface area contributed by atoms with Crippen molar-refractivity contribution in [3.05, 3.63) is 29.8 Å². The van der Waals surface area contributed by atoms with Crippen molar-refractivity contribution in [1.29, 1.82) is 0 Å². The quantitative estimate of drug-likeness (QED) is 0.495. The highest BCUT2D eigenvalue weighted by Crippen LogP contribution is 2.16. The van der Waals surface area contributed by atoms with Crippen LogP contribution in [0, 0.1) is 5.92 Å². The van der Waals surface area contributed by atoms with Crippen molar-refractivity contribution in [2.45, 2.75) is 26.3 Å². The number of nitrogens with zero attached hydrogens (tertiary/aromatic N) is 1. The third-order valence-electron chi connectivity index (χ3n) is 2.36. The minimum atomic E-state index is -0.475. The summed E-state index contributed by atoms with van der Waals surface area (Å²) in [5, 5.41) is 11.4. The van der Waals surface area contributed by atoms with Crippen molar-refractivity contribution in [2.75, 3.05) is 0 Å². The van der Waals surface area contributed by atoms with Crippen molar-refractivity contribution < 1.29 is 9.90 Å². The van der Waals surface area contributed by atoms with Gasteiger partial charge in [-0.1, -0.05) is 13.8 Å². The highest BCUT2D eigenvalue weighted by molar-refractivity contribution is 7.78. The van der Waals surface area contributed by atoms with Gasteiger partial charge in [0, 0.05) is 5.56 Å². The van der Waals surface area contributed by atoms with E-state index in [-0.39, 0.29) is 11.5 Å². The number of hydrogen-bond acceptors (Lipinski definition) is 4. The van der Waals surface area contributed by atoms with Crippen molar-refractivity contribution in [2.24, 2.45) is 10.9 Å². The lowest BCUT2D eigenvalue weighted by atomic mass is 9.96. The molecule has 17 heavy (non-hydrogen) atoms. The predicted molar refractivity (Wildman–Crippen MR) is 70.7 cm³/mol. The number of phenols is 1. The lowest BCUT2D eigenvalue weighted by Gasteiger charge is -2.12. The molecular formula is C13H15NO2S. The average Bonchev–Trinajstić information content (AvgIpc) is 2.28. The minimum Gasteiger partial charge on any atom is -0.508 e. The molecule has 1 aromatic carbocycles. The molecule has 4 heteroatoms. The number of isothiocyanates is 1. The van der Waals surface area contributed by atoms with E-state index in [1.165, 1.54) is 12.1 Å². The van der Waals surface area contributed by atoms with Gasteiger partial charge in [-0.15, -0.1) is 0 Å². The number of benzene rings is 1. The van der Waals surface area contributed by atoms with E-state index in [1.807, 2.05) is 13.8 Å². The second kappa shape index (κ2) is 6.28. The lowest BCUT2D eigenvalue weighted by Crippen LogP contribution is -2.20. The molecule has 90 valence electrons. The van der Waals surface area contributed by atoms with Crippen molar-refractivity contribution in [3.8, 4) is 5.75 Å². The van der Waals surface area contributed by atoms with Gasteiger partial charge in [-0.2, -0.15) is 0 Å². The average molecular weight is 249 g/mol. The Balaban J connectivity index is 2.91. The summed E-state index contributed by atoms with van der Waals surface area (Å²) >= 11 is 4.56. The zero-order valence-electron chi connectivity index (χ0n) is 9.88. The molecule has 0 bridgehead atoms. The second-order valence-electron chi connectivity index (χ2n) is 4.28. The van der Waals surface area contributed by atoms with Crippen molar-refractivity contribution in [1.82, 2.24) is 0 Å². The van der Waals surface area contributed by atoms with Gasteiger partial charge < -0.3 is 5.11 Å². The Morgan fingerprint density at radius 1 is 1.41 bits per heavy atom.